The lowest BCUT2D eigenvalue weighted by atomic mass is 9.87. The van der Waals surface area contributed by atoms with Gasteiger partial charge in [0, 0.05) is 13.6 Å². The first-order valence-electron chi connectivity index (χ1n) is 8.63. The lowest BCUT2D eigenvalue weighted by Gasteiger charge is -2.24. The predicted molar refractivity (Wildman–Crippen MR) is 99.6 cm³/mol. The van der Waals surface area contributed by atoms with Crippen LogP contribution < -0.4 is 4.74 Å². The van der Waals surface area contributed by atoms with Gasteiger partial charge >= 0.3 is 0 Å². The van der Waals surface area contributed by atoms with Gasteiger partial charge in [-0.1, -0.05) is 32.1 Å². The number of carbonyl (C=O) groups is 1. The Labute approximate surface area is 153 Å². The van der Waals surface area contributed by atoms with Crippen molar-refractivity contribution in [3.8, 4) is 5.75 Å². The SMILES string of the molecule is COc1cc([N+](=O)[O-])c(C(=O)N(C)CCC2CCCCC2)cc1SC. The maximum absolute atomic E-state index is 12.8. The van der Waals surface area contributed by atoms with E-state index in [1.165, 1.54) is 57.0 Å². The Kier molecular flexibility index (Phi) is 7.11. The fraction of sp³-hybridized carbons (Fsp3) is 0.611. The van der Waals surface area contributed by atoms with Crippen molar-refractivity contribution < 1.29 is 14.5 Å². The molecular weight excluding hydrogens is 340 g/mol. The maximum Gasteiger partial charge on any atom is 0.285 e. The van der Waals surface area contributed by atoms with Crippen molar-refractivity contribution in [1.82, 2.24) is 4.90 Å². The molecule has 2 rings (SSSR count). The molecular formula is C18H26N2O4S. The van der Waals surface area contributed by atoms with E-state index in [1.54, 1.807) is 18.0 Å². The molecule has 0 bridgehead atoms. The molecule has 7 heteroatoms. The molecule has 25 heavy (non-hydrogen) atoms. The first-order chi connectivity index (χ1) is 12.0. The van der Waals surface area contributed by atoms with E-state index in [0.717, 1.165) is 11.3 Å². The standard InChI is InChI=1S/C18H26N2O4S/c1-19(10-9-13-7-5-4-6-8-13)18(21)14-11-17(25-3)16(24-2)12-15(14)20(22)23/h11-13H,4-10H2,1-3H3. The number of nitro groups is 1. The molecule has 1 aliphatic carbocycles. The number of thioether (sulfide) groups is 1. The summed E-state index contributed by atoms with van der Waals surface area (Å²) in [4.78, 5) is 26.0. The summed E-state index contributed by atoms with van der Waals surface area (Å²) in [5.41, 5.74) is -0.0783. The van der Waals surface area contributed by atoms with Crippen molar-refractivity contribution in [3.63, 3.8) is 0 Å². The molecule has 1 aromatic carbocycles. The normalized spacial score (nSPS) is 15.0. The quantitative estimate of drug-likeness (QED) is 0.407. The number of methoxy groups -OCH3 is 1. The van der Waals surface area contributed by atoms with Gasteiger partial charge in [-0.15, -0.1) is 11.8 Å². The van der Waals surface area contributed by atoms with Gasteiger partial charge in [-0.25, -0.2) is 0 Å². The van der Waals surface area contributed by atoms with Crippen LogP contribution >= 0.6 is 11.8 Å². The lowest BCUT2D eigenvalue weighted by Crippen LogP contribution is -2.30. The van der Waals surface area contributed by atoms with E-state index in [1.807, 2.05) is 6.26 Å². The van der Waals surface area contributed by atoms with E-state index in [-0.39, 0.29) is 17.2 Å². The third-order valence-electron chi connectivity index (χ3n) is 4.87. The van der Waals surface area contributed by atoms with Crippen LogP contribution in [0.1, 0.15) is 48.9 Å². The van der Waals surface area contributed by atoms with E-state index >= 15 is 0 Å². The van der Waals surface area contributed by atoms with Crippen LogP contribution in [-0.2, 0) is 0 Å². The third-order valence-corrected chi connectivity index (χ3v) is 5.63. The lowest BCUT2D eigenvalue weighted by molar-refractivity contribution is -0.385. The Balaban J connectivity index is 2.16. The van der Waals surface area contributed by atoms with Gasteiger partial charge in [0.05, 0.1) is 23.0 Å². The first kappa shape index (κ1) is 19.6. The smallest absolute Gasteiger partial charge is 0.285 e. The average molecular weight is 366 g/mol. The second-order valence-corrected chi connectivity index (χ2v) is 7.35. The summed E-state index contributed by atoms with van der Waals surface area (Å²) >= 11 is 1.40. The van der Waals surface area contributed by atoms with Gasteiger partial charge in [0.1, 0.15) is 11.3 Å². The number of nitro benzene ring substituents is 1. The number of hydrogen-bond donors (Lipinski definition) is 0. The fourth-order valence-corrected chi connectivity index (χ4v) is 3.93. The molecule has 0 saturated heterocycles. The summed E-state index contributed by atoms with van der Waals surface area (Å²) in [5, 5.41) is 11.4. The molecule has 138 valence electrons. The van der Waals surface area contributed by atoms with Crippen LogP contribution in [0.15, 0.2) is 17.0 Å². The van der Waals surface area contributed by atoms with E-state index in [4.69, 9.17) is 4.74 Å². The Morgan fingerprint density at radius 3 is 2.60 bits per heavy atom. The minimum atomic E-state index is -0.519. The van der Waals surface area contributed by atoms with Crippen LogP contribution in [0.5, 0.6) is 5.75 Å². The molecule has 0 unspecified atom stereocenters. The molecule has 1 saturated carbocycles. The molecule has 1 aliphatic rings. The van der Waals surface area contributed by atoms with Gasteiger partial charge in [-0.05, 0) is 24.7 Å². The maximum atomic E-state index is 12.8. The summed E-state index contributed by atoms with van der Waals surface area (Å²) < 4.78 is 5.20. The van der Waals surface area contributed by atoms with Crippen LogP contribution in [0, 0.1) is 16.0 Å². The highest BCUT2D eigenvalue weighted by atomic mass is 32.2. The summed E-state index contributed by atoms with van der Waals surface area (Å²) in [6, 6.07) is 2.91. The van der Waals surface area contributed by atoms with E-state index in [9.17, 15) is 14.9 Å². The number of nitrogens with zero attached hydrogens (tertiary/aromatic N) is 2. The van der Waals surface area contributed by atoms with Gasteiger partial charge in [-0.3, -0.25) is 14.9 Å². The number of benzene rings is 1. The first-order valence-corrected chi connectivity index (χ1v) is 9.86. The summed E-state index contributed by atoms with van der Waals surface area (Å²) in [6.45, 7) is 0.626. The third kappa shape index (κ3) is 4.87. The molecule has 1 fully saturated rings. The highest BCUT2D eigenvalue weighted by Gasteiger charge is 2.26. The van der Waals surface area contributed by atoms with Gasteiger partial charge < -0.3 is 9.64 Å². The zero-order valence-electron chi connectivity index (χ0n) is 15.1. The van der Waals surface area contributed by atoms with E-state index < -0.39 is 4.92 Å². The van der Waals surface area contributed by atoms with E-state index in [0.29, 0.717) is 18.2 Å². The second kappa shape index (κ2) is 9.08. The van der Waals surface area contributed by atoms with Crippen molar-refractivity contribution in [2.45, 2.75) is 43.4 Å². The van der Waals surface area contributed by atoms with Gasteiger partial charge in [-0.2, -0.15) is 0 Å². The molecule has 0 heterocycles. The average Bonchev–Trinajstić information content (AvgIpc) is 2.64. The number of hydrogen-bond acceptors (Lipinski definition) is 5. The summed E-state index contributed by atoms with van der Waals surface area (Å²) in [5.74, 6) is 0.776. The highest BCUT2D eigenvalue weighted by Crippen LogP contribution is 2.35. The zero-order valence-corrected chi connectivity index (χ0v) is 15.9. The molecule has 0 aliphatic heterocycles. The second-order valence-electron chi connectivity index (χ2n) is 6.50. The number of amides is 1. The molecule has 0 N–H and O–H groups in total. The minimum Gasteiger partial charge on any atom is -0.495 e. The monoisotopic (exact) mass is 366 g/mol. The Morgan fingerprint density at radius 2 is 2.04 bits per heavy atom. The van der Waals surface area contributed by atoms with Gasteiger partial charge in [0.15, 0.2) is 0 Å². The predicted octanol–water partition coefficient (Wildman–Crippen LogP) is 4.37. The molecule has 0 atom stereocenters. The van der Waals surface area contributed by atoms with Crippen molar-refractivity contribution in [2.75, 3.05) is 27.0 Å². The topological polar surface area (TPSA) is 72.7 Å². The van der Waals surface area contributed by atoms with Crippen molar-refractivity contribution >= 4 is 23.4 Å². The molecule has 0 spiro atoms. The fourth-order valence-electron chi connectivity index (χ4n) is 3.35. The zero-order chi connectivity index (χ0) is 18.4. The summed E-state index contributed by atoms with van der Waals surface area (Å²) in [7, 11) is 3.19. The Bertz CT molecular complexity index is 630. The summed E-state index contributed by atoms with van der Waals surface area (Å²) in [6.07, 6.45) is 9.10. The Hall–Kier alpha value is -1.76. The van der Waals surface area contributed by atoms with Crippen molar-refractivity contribution in [3.05, 3.63) is 27.8 Å². The van der Waals surface area contributed by atoms with Crippen LogP contribution in [0.3, 0.4) is 0 Å². The van der Waals surface area contributed by atoms with Gasteiger partial charge in [0.2, 0.25) is 0 Å². The molecule has 1 amide bonds. The molecule has 1 aromatic rings. The van der Waals surface area contributed by atoms with Crippen LogP contribution in [0.25, 0.3) is 0 Å². The number of ether oxygens (including phenoxy) is 1. The number of rotatable bonds is 7. The van der Waals surface area contributed by atoms with Crippen molar-refractivity contribution in [1.29, 1.82) is 0 Å². The number of carbonyl (C=O) groups excluding carboxylic acids is 1. The van der Waals surface area contributed by atoms with Crippen LogP contribution in [-0.4, -0.2) is 42.7 Å². The van der Waals surface area contributed by atoms with E-state index in [2.05, 4.69) is 0 Å². The molecule has 0 radical (unpaired) electrons. The molecule has 0 aromatic heterocycles. The van der Waals surface area contributed by atoms with Crippen LogP contribution in [0.2, 0.25) is 0 Å². The van der Waals surface area contributed by atoms with Gasteiger partial charge in [0.25, 0.3) is 11.6 Å². The minimum absolute atomic E-state index is 0.126. The van der Waals surface area contributed by atoms with Crippen molar-refractivity contribution in [2.24, 2.45) is 5.92 Å². The largest absolute Gasteiger partial charge is 0.495 e. The van der Waals surface area contributed by atoms with Crippen LogP contribution in [0.4, 0.5) is 5.69 Å². The highest BCUT2D eigenvalue weighted by molar-refractivity contribution is 7.98. The Morgan fingerprint density at radius 1 is 1.36 bits per heavy atom. The molecule has 6 nitrogen and oxygen atoms in total.